The first-order chi connectivity index (χ1) is 11.3. The summed E-state index contributed by atoms with van der Waals surface area (Å²) in [6.45, 7) is 6.27. The van der Waals surface area contributed by atoms with Crippen LogP contribution in [0, 0.1) is 3.57 Å². The molecule has 1 fully saturated rings. The summed E-state index contributed by atoms with van der Waals surface area (Å²) in [5, 5.41) is 4.32. The third-order valence-corrected chi connectivity index (χ3v) is 4.59. The van der Waals surface area contributed by atoms with Crippen LogP contribution < -0.4 is 5.43 Å². The van der Waals surface area contributed by atoms with Gasteiger partial charge < -0.3 is 9.47 Å². The lowest BCUT2D eigenvalue weighted by molar-refractivity contribution is 0.0248. The number of benzene rings is 1. The highest BCUT2D eigenvalue weighted by atomic mass is 127. The minimum absolute atomic E-state index is 0.166. The molecule has 1 aromatic rings. The van der Waals surface area contributed by atoms with Crippen molar-refractivity contribution in [1.82, 2.24) is 10.3 Å². The monoisotopic (exact) mass is 443 g/mol. The van der Waals surface area contributed by atoms with Crippen molar-refractivity contribution in [3.63, 3.8) is 0 Å². The Morgan fingerprint density at radius 1 is 1.38 bits per heavy atom. The second kappa shape index (κ2) is 6.78. The summed E-state index contributed by atoms with van der Waals surface area (Å²) in [4.78, 5) is 14.1. The van der Waals surface area contributed by atoms with Crippen LogP contribution in [-0.2, 0) is 9.47 Å². The number of hydrazone groups is 1. The molecular formula is C17H22IN3O3. The van der Waals surface area contributed by atoms with Gasteiger partial charge in [-0.2, -0.15) is 0 Å². The molecule has 2 atom stereocenters. The Hall–Kier alpha value is -1.51. The van der Waals surface area contributed by atoms with Crippen molar-refractivity contribution in [2.45, 2.75) is 51.5 Å². The topological polar surface area (TPSA) is 63.2 Å². The fourth-order valence-electron chi connectivity index (χ4n) is 2.79. The van der Waals surface area contributed by atoms with Crippen molar-refractivity contribution in [3.05, 3.63) is 33.4 Å². The molecule has 0 aliphatic carbocycles. The molecule has 130 valence electrons. The van der Waals surface area contributed by atoms with Gasteiger partial charge in [0.2, 0.25) is 12.1 Å². The quantitative estimate of drug-likeness (QED) is 0.710. The highest BCUT2D eigenvalue weighted by Crippen LogP contribution is 2.27. The molecule has 7 heteroatoms. The van der Waals surface area contributed by atoms with Gasteiger partial charge in [-0.3, -0.25) is 10.3 Å². The van der Waals surface area contributed by atoms with Crippen molar-refractivity contribution in [2.75, 3.05) is 6.54 Å². The van der Waals surface area contributed by atoms with Gasteiger partial charge in [-0.1, -0.05) is 12.1 Å². The van der Waals surface area contributed by atoms with E-state index in [1.807, 2.05) is 45.0 Å². The molecule has 0 aromatic heterocycles. The smallest absolute Gasteiger partial charge is 0.410 e. The molecular weight excluding hydrogens is 421 g/mol. The molecule has 0 radical (unpaired) electrons. The van der Waals surface area contributed by atoms with Crippen LogP contribution >= 0.6 is 22.6 Å². The normalized spacial score (nSPS) is 23.5. The lowest BCUT2D eigenvalue weighted by Gasteiger charge is -2.28. The Labute approximate surface area is 155 Å². The number of halogens is 1. The molecule has 0 bridgehead atoms. The van der Waals surface area contributed by atoms with Crippen LogP contribution in [0.4, 0.5) is 4.79 Å². The standard InChI is InChI=1S/C17H22IN3O3/c1-17(2,3)24-16(22)21-10-4-5-13(21)15-20-19-14(23-15)11-6-8-12(18)9-7-11/h6-9,13-14,19H,4-5,10H2,1-3H3/t13-,14?/m0/s1. The zero-order valence-corrected chi connectivity index (χ0v) is 16.2. The summed E-state index contributed by atoms with van der Waals surface area (Å²) >= 11 is 2.27. The number of hydrogen-bond donors (Lipinski definition) is 1. The van der Waals surface area contributed by atoms with E-state index in [1.54, 1.807) is 4.90 Å². The number of likely N-dealkylation sites (tertiary alicyclic amines) is 1. The molecule has 1 aromatic carbocycles. The van der Waals surface area contributed by atoms with E-state index in [2.05, 4.69) is 33.1 Å². The molecule has 1 saturated heterocycles. The Morgan fingerprint density at radius 2 is 2.08 bits per heavy atom. The largest absolute Gasteiger partial charge is 0.448 e. The first-order valence-corrected chi connectivity index (χ1v) is 9.16. The van der Waals surface area contributed by atoms with Crippen molar-refractivity contribution < 1.29 is 14.3 Å². The summed E-state index contributed by atoms with van der Waals surface area (Å²) in [5.74, 6) is 0.557. The van der Waals surface area contributed by atoms with Crippen LogP contribution in [0.15, 0.2) is 29.4 Å². The number of nitrogens with one attached hydrogen (secondary N) is 1. The lowest BCUT2D eigenvalue weighted by Crippen LogP contribution is -2.43. The van der Waals surface area contributed by atoms with Gasteiger partial charge in [0.25, 0.3) is 0 Å². The van der Waals surface area contributed by atoms with Gasteiger partial charge in [-0.25, -0.2) is 4.79 Å². The van der Waals surface area contributed by atoms with Gasteiger partial charge in [0.15, 0.2) is 0 Å². The van der Waals surface area contributed by atoms with Crippen LogP contribution in [-0.4, -0.2) is 35.1 Å². The van der Waals surface area contributed by atoms with Gasteiger partial charge in [0, 0.05) is 15.7 Å². The van der Waals surface area contributed by atoms with Gasteiger partial charge >= 0.3 is 6.09 Å². The van der Waals surface area contributed by atoms with E-state index in [1.165, 1.54) is 3.57 Å². The number of nitrogens with zero attached hydrogens (tertiary/aromatic N) is 2. The van der Waals surface area contributed by atoms with Crippen LogP contribution in [0.2, 0.25) is 0 Å². The Balaban J connectivity index is 1.66. The second-order valence-electron chi connectivity index (χ2n) is 6.96. The number of hydrogen-bond acceptors (Lipinski definition) is 5. The van der Waals surface area contributed by atoms with E-state index >= 15 is 0 Å². The van der Waals surface area contributed by atoms with E-state index in [9.17, 15) is 4.79 Å². The Kier molecular flexibility index (Phi) is 4.89. The van der Waals surface area contributed by atoms with E-state index in [-0.39, 0.29) is 18.4 Å². The zero-order valence-electron chi connectivity index (χ0n) is 14.1. The molecule has 2 aliphatic rings. The highest BCUT2D eigenvalue weighted by Gasteiger charge is 2.39. The maximum absolute atomic E-state index is 12.4. The minimum Gasteiger partial charge on any atom is -0.448 e. The Morgan fingerprint density at radius 3 is 2.75 bits per heavy atom. The molecule has 1 N–H and O–H groups in total. The van der Waals surface area contributed by atoms with E-state index in [0.29, 0.717) is 12.4 Å². The van der Waals surface area contributed by atoms with Crippen molar-refractivity contribution in [2.24, 2.45) is 5.10 Å². The predicted molar refractivity (Wildman–Crippen MR) is 99.5 cm³/mol. The summed E-state index contributed by atoms with van der Waals surface area (Å²) in [6.07, 6.45) is 1.13. The molecule has 0 saturated carbocycles. The van der Waals surface area contributed by atoms with Crippen molar-refractivity contribution in [1.29, 1.82) is 0 Å². The number of carbonyl (C=O) groups excluding carboxylic acids is 1. The van der Waals surface area contributed by atoms with Crippen molar-refractivity contribution >= 4 is 34.6 Å². The second-order valence-corrected chi connectivity index (χ2v) is 8.21. The molecule has 6 nitrogen and oxygen atoms in total. The van der Waals surface area contributed by atoms with Crippen LogP contribution in [0.1, 0.15) is 45.4 Å². The SMILES string of the molecule is CC(C)(C)OC(=O)N1CCC[C@H]1C1=NNC(c2ccc(I)cc2)O1. The zero-order chi connectivity index (χ0) is 17.3. The lowest BCUT2D eigenvalue weighted by atomic mass is 10.2. The van der Waals surface area contributed by atoms with Crippen LogP contribution in [0.3, 0.4) is 0 Å². The van der Waals surface area contributed by atoms with E-state index in [0.717, 1.165) is 18.4 Å². The molecule has 1 amide bonds. The maximum Gasteiger partial charge on any atom is 0.410 e. The van der Waals surface area contributed by atoms with E-state index in [4.69, 9.17) is 9.47 Å². The maximum atomic E-state index is 12.4. The Bertz CT molecular complexity index is 639. The minimum atomic E-state index is -0.509. The third-order valence-electron chi connectivity index (χ3n) is 3.87. The summed E-state index contributed by atoms with van der Waals surface area (Å²) < 4.78 is 12.6. The van der Waals surface area contributed by atoms with Crippen LogP contribution in [0.5, 0.6) is 0 Å². The molecule has 0 spiro atoms. The number of carbonyl (C=O) groups is 1. The summed E-state index contributed by atoms with van der Waals surface area (Å²) in [5.41, 5.74) is 3.51. The third kappa shape index (κ3) is 3.93. The fraction of sp³-hybridized carbons (Fsp3) is 0.529. The number of ether oxygens (including phenoxy) is 2. The van der Waals surface area contributed by atoms with Gasteiger partial charge in [-0.05, 0) is 68.3 Å². The number of rotatable bonds is 2. The van der Waals surface area contributed by atoms with Gasteiger partial charge in [0.1, 0.15) is 11.6 Å². The molecule has 3 rings (SSSR count). The molecule has 2 heterocycles. The van der Waals surface area contributed by atoms with Crippen molar-refractivity contribution in [3.8, 4) is 0 Å². The molecule has 2 aliphatic heterocycles. The van der Waals surface area contributed by atoms with E-state index < -0.39 is 5.60 Å². The molecule has 1 unspecified atom stereocenters. The average Bonchev–Trinajstić information content (AvgIpc) is 3.15. The summed E-state index contributed by atoms with van der Waals surface area (Å²) in [7, 11) is 0. The van der Waals surface area contributed by atoms with Gasteiger partial charge in [-0.15, -0.1) is 5.10 Å². The first-order valence-electron chi connectivity index (χ1n) is 8.08. The number of amides is 1. The van der Waals surface area contributed by atoms with Crippen LogP contribution in [0.25, 0.3) is 0 Å². The average molecular weight is 443 g/mol. The predicted octanol–water partition coefficient (Wildman–Crippen LogP) is 3.62. The summed E-state index contributed by atoms with van der Waals surface area (Å²) in [6, 6.07) is 7.92. The highest BCUT2D eigenvalue weighted by molar-refractivity contribution is 14.1. The van der Waals surface area contributed by atoms with Gasteiger partial charge in [0.05, 0.1) is 0 Å². The first kappa shape index (κ1) is 17.3. The molecule has 24 heavy (non-hydrogen) atoms. The fourth-order valence-corrected chi connectivity index (χ4v) is 3.15.